The van der Waals surface area contributed by atoms with Gasteiger partial charge in [-0.1, -0.05) is 17.7 Å². The molecule has 0 saturated carbocycles. The van der Waals surface area contributed by atoms with Gasteiger partial charge in [-0.2, -0.15) is 0 Å². The average molecular weight is 304 g/mol. The van der Waals surface area contributed by atoms with Crippen LogP contribution in [0, 0.1) is 6.92 Å². The number of hydrogen-bond acceptors (Lipinski definition) is 2. The number of halogens is 3. The molecule has 0 radical (unpaired) electrons. The fourth-order valence-electron chi connectivity index (χ4n) is 0.817. The molecule has 1 rings (SSSR count). The third kappa shape index (κ3) is 2.37. The van der Waals surface area contributed by atoms with Crippen LogP contribution in [0.1, 0.15) is 5.56 Å². The summed E-state index contributed by atoms with van der Waals surface area (Å²) < 4.78 is 22.5. The fourth-order valence-corrected chi connectivity index (χ4v) is 2.86. The van der Waals surface area contributed by atoms with E-state index in [0.717, 1.165) is 5.56 Å². The van der Waals surface area contributed by atoms with Gasteiger partial charge in [0.25, 0.3) is 9.05 Å². The van der Waals surface area contributed by atoms with E-state index in [9.17, 15) is 8.42 Å². The summed E-state index contributed by atoms with van der Waals surface area (Å²) >= 11 is 8.94. The van der Waals surface area contributed by atoms with Crippen molar-refractivity contribution < 1.29 is 8.42 Å². The molecule has 1 aromatic rings. The predicted octanol–water partition coefficient (Wildman–Crippen LogP) is 3.34. The second-order valence-electron chi connectivity index (χ2n) is 2.45. The van der Waals surface area contributed by atoms with Crippen LogP contribution < -0.4 is 0 Å². The SMILES string of the molecule is Cc1ccc(S(=O)(=O)Cl)c(Cl)c1Br. The van der Waals surface area contributed by atoms with Gasteiger partial charge in [-0.3, -0.25) is 0 Å². The molecule has 1 aromatic carbocycles. The van der Waals surface area contributed by atoms with Gasteiger partial charge in [0.1, 0.15) is 4.90 Å². The van der Waals surface area contributed by atoms with E-state index in [4.69, 9.17) is 22.3 Å². The molecular formula is C7H5BrCl2O2S. The molecule has 2 nitrogen and oxygen atoms in total. The fraction of sp³-hybridized carbons (Fsp3) is 0.143. The van der Waals surface area contributed by atoms with E-state index >= 15 is 0 Å². The van der Waals surface area contributed by atoms with Gasteiger partial charge >= 0.3 is 0 Å². The predicted molar refractivity (Wildman–Crippen MR) is 56.9 cm³/mol. The molecule has 0 aliphatic rings. The molecule has 0 aromatic heterocycles. The third-order valence-corrected chi connectivity index (χ3v) is 4.62. The molecule has 0 N–H and O–H groups in total. The maximum absolute atomic E-state index is 11.0. The van der Waals surface area contributed by atoms with Crippen molar-refractivity contribution in [2.75, 3.05) is 0 Å². The first kappa shape index (κ1) is 11.3. The number of aryl methyl sites for hydroxylation is 1. The highest BCUT2D eigenvalue weighted by atomic mass is 79.9. The van der Waals surface area contributed by atoms with Crippen molar-refractivity contribution in [3.63, 3.8) is 0 Å². The molecule has 13 heavy (non-hydrogen) atoms. The van der Waals surface area contributed by atoms with Crippen LogP contribution in [0.3, 0.4) is 0 Å². The molecule has 0 aliphatic heterocycles. The second kappa shape index (κ2) is 3.77. The van der Waals surface area contributed by atoms with E-state index in [1.807, 2.05) is 0 Å². The van der Waals surface area contributed by atoms with E-state index < -0.39 is 9.05 Å². The Bertz CT molecular complexity index is 442. The minimum Gasteiger partial charge on any atom is -0.207 e. The highest BCUT2D eigenvalue weighted by molar-refractivity contribution is 9.10. The lowest BCUT2D eigenvalue weighted by Crippen LogP contribution is -1.93. The zero-order valence-electron chi connectivity index (χ0n) is 6.51. The van der Waals surface area contributed by atoms with Crippen molar-refractivity contribution in [2.24, 2.45) is 0 Å². The Morgan fingerprint density at radius 3 is 2.38 bits per heavy atom. The van der Waals surface area contributed by atoms with Crippen molar-refractivity contribution in [2.45, 2.75) is 11.8 Å². The van der Waals surface area contributed by atoms with Gasteiger partial charge in [-0.25, -0.2) is 8.42 Å². The van der Waals surface area contributed by atoms with Gasteiger partial charge in [-0.15, -0.1) is 0 Å². The van der Waals surface area contributed by atoms with Crippen molar-refractivity contribution in [3.05, 3.63) is 27.2 Å². The van der Waals surface area contributed by atoms with Gasteiger partial charge in [0.05, 0.1) is 5.02 Å². The normalized spacial score (nSPS) is 11.7. The van der Waals surface area contributed by atoms with Crippen molar-refractivity contribution in [3.8, 4) is 0 Å². The Hall–Kier alpha value is 0.230. The third-order valence-electron chi connectivity index (χ3n) is 1.50. The molecule has 0 heterocycles. The minimum atomic E-state index is -3.76. The Morgan fingerprint density at radius 2 is 1.92 bits per heavy atom. The van der Waals surface area contributed by atoms with Gasteiger partial charge < -0.3 is 0 Å². The summed E-state index contributed by atoms with van der Waals surface area (Å²) in [5.74, 6) is 0. The summed E-state index contributed by atoms with van der Waals surface area (Å²) in [4.78, 5) is -0.0756. The summed E-state index contributed by atoms with van der Waals surface area (Å²) in [6.45, 7) is 1.81. The van der Waals surface area contributed by atoms with Gasteiger partial charge in [-0.05, 0) is 34.5 Å². The van der Waals surface area contributed by atoms with Gasteiger partial charge in [0, 0.05) is 15.2 Å². The van der Waals surface area contributed by atoms with Gasteiger partial charge in [0.2, 0.25) is 0 Å². The summed E-state index contributed by atoms with van der Waals surface area (Å²) in [6, 6.07) is 3.01. The van der Waals surface area contributed by atoms with Gasteiger partial charge in [0.15, 0.2) is 0 Å². The molecule has 6 heteroatoms. The Labute approximate surface area is 94.4 Å². The summed E-state index contributed by atoms with van der Waals surface area (Å²) in [5, 5.41) is 0.120. The molecule has 0 fully saturated rings. The minimum absolute atomic E-state index is 0.0756. The largest absolute Gasteiger partial charge is 0.262 e. The molecule has 0 saturated heterocycles. The van der Waals surface area contributed by atoms with E-state index in [2.05, 4.69) is 15.9 Å². The molecule has 0 unspecified atom stereocenters. The van der Waals surface area contributed by atoms with E-state index in [1.165, 1.54) is 6.07 Å². The lowest BCUT2D eigenvalue weighted by Gasteiger charge is -2.04. The number of rotatable bonds is 1. The summed E-state index contributed by atoms with van der Waals surface area (Å²) in [5.41, 5.74) is 0.856. The monoisotopic (exact) mass is 302 g/mol. The first-order chi connectivity index (χ1) is 5.84. The van der Waals surface area contributed by atoms with Crippen LogP contribution in [-0.2, 0) is 9.05 Å². The molecule has 0 aliphatic carbocycles. The van der Waals surface area contributed by atoms with Crippen LogP contribution in [0.4, 0.5) is 0 Å². The Balaban J connectivity index is 3.53. The van der Waals surface area contributed by atoms with Crippen LogP contribution in [0.5, 0.6) is 0 Å². The molecule has 0 amide bonds. The molecular weight excluding hydrogens is 299 g/mol. The molecule has 0 bridgehead atoms. The first-order valence-corrected chi connectivity index (χ1v) is 6.71. The quantitative estimate of drug-likeness (QED) is 0.746. The standard InChI is InChI=1S/C7H5BrCl2O2S/c1-4-2-3-5(13(10,11)12)7(9)6(4)8/h2-3H,1H3. The van der Waals surface area contributed by atoms with Crippen LogP contribution in [0.15, 0.2) is 21.5 Å². The summed E-state index contributed by atoms with van der Waals surface area (Å²) in [6.07, 6.45) is 0. The zero-order chi connectivity index (χ0) is 10.2. The smallest absolute Gasteiger partial charge is 0.207 e. The highest BCUT2D eigenvalue weighted by Gasteiger charge is 2.17. The second-order valence-corrected chi connectivity index (χ2v) is 6.15. The molecule has 0 spiro atoms. The highest BCUT2D eigenvalue weighted by Crippen LogP contribution is 2.33. The maximum atomic E-state index is 11.0. The van der Waals surface area contributed by atoms with Crippen LogP contribution in [-0.4, -0.2) is 8.42 Å². The Kier molecular flexibility index (Phi) is 3.28. The lowest BCUT2D eigenvalue weighted by atomic mass is 10.2. The maximum Gasteiger partial charge on any atom is 0.262 e. The molecule has 72 valence electrons. The topological polar surface area (TPSA) is 34.1 Å². The molecule has 0 atom stereocenters. The average Bonchev–Trinajstić information content (AvgIpc) is 1.98. The Morgan fingerprint density at radius 1 is 1.38 bits per heavy atom. The van der Waals surface area contributed by atoms with E-state index in [1.54, 1.807) is 13.0 Å². The van der Waals surface area contributed by atoms with Crippen molar-refractivity contribution in [1.82, 2.24) is 0 Å². The number of hydrogen-bond donors (Lipinski definition) is 0. The first-order valence-electron chi connectivity index (χ1n) is 3.23. The van der Waals surface area contributed by atoms with E-state index in [-0.39, 0.29) is 9.92 Å². The number of benzene rings is 1. The van der Waals surface area contributed by atoms with Crippen LogP contribution >= 0.6 is 38.2 Å². The van der Waals surface area contributed by atoms with Crippen molar-refractivity contribution in [1.29, 1.82) is 0 Å². The van der Waals surface area contributed by atoms with E-state index in [0.29, 0.717) is 4.47 Å². The van der Waals surface area contributed by atoms with Crippen molar-refractivity contribution >= 4 is 47.3 Å². The van der Waals surface area contributed by atoms with Crippen LogP contribution in [0.2, 0.25) is 5.02 Å². The lowest BCUT2D eigenvalue weighted by molar-refractivity contribution is 0.609. The zero-order valence-corrected chi connectivity index (χ0v) is 10.4. The van der Waals surface area contributed by atoms with Crippen LogP contribution in [0.25, 0.3) is 0 Å². The summed E-state index contributed by atoms with van der Waals surface area (Å²) in [7, 11) is 1.39.